The van der Waals surface area contributed by atoms with E-state index < -0.39 is 0 Å². The Kier molecular flexibility index (Phi) is 9.44. The molecule has 11 rings (SSSR count). The van der Waals surface area contributed by atoms with Crippen LogP contribution in [0.4, 0.5) is 34.1 Å². The van der Waals surface area contributed by atoms with E-state index in [1.54, 1.807) is 0 Å². The largest absolute Gasteiger partial charge is 0.311 e. The van der Waals surface area contributed by atoms with Gasteiger partial charge in [0.1, 0.15) is 0 Å². The van der Waals surface area contributed by atoms with Gasteiger partial charge in [0.15, 0.2) is 0 Å². The van der Waals surface area contributed by atoms with Crippen LogP contribution in [0.3, 0.4) is 0 Å². The van der Waals surface area contributed by atoms with Gasteiger partial charge in [0, 0.05) is 54.2 Å². The lowest BCUT2D eigenvalue weighted by molar-refractivity contribution is 0.590. The highest BCUT2D eigenvalue weighted by atomic mass is 32.1. The summed E-state index contributed by atoms with van der Waals surface area (Å²) in [6.07, 6.45) is 0. The first-order chi connectivity index (χ1) is 31.0. The monoisotopic (exact) mass is 860 g/mol. The molecule has 0 radical (unpaired) electrons. The van der Waals surface area contributed by atoms with Crippen LogP contribution < -0.4 is 26.2 Å². The van der Waals surface area contributed by atoms with Crippen molar-refractivity contribution in [3.63, 3.8) is 0 Å². The fourth-order valence-corrected chi connectivity index (χ4v) is 11.5. The third kappa shape index (κ3) is 6.92. The molecule has 0 bridgehead atoms. The second kappa shape index (κ2) is 14.8. The zero-order chi connectivity index (χ0) is 45.2. The molecule has 320 valence electrons. The van der Waals surface area contributed by atoms with Crippen LogP contribution in [0.1, 0.15) is 84.6 Å². The molecular weight excluding hydrogens is 804 g/mol. The lowest BCUT2D eigenvalue weighted by Crippen LogP contribution is -2.61. The number of fused-ring (bicyclic) bond motifs is 7. The van der Waals surface area contributed by atoms with Crippen molar-refractivity contribution in [1.29, 1.82) is 0 Å². The number of rotatable bonds is 4. The van der Waals surface area contributed by atoms with Crippen LogP contribution in [0.2, 0.25) is 0 Å². The molecule has 0 aliphatic carbocycles. The number of hydrogen-bond donors (Lipinski definition) is 0. The second-order valence-corrected chi connectivity index (χ2v) is 22.7. The summed E-state index contributed by atoms with van der Waals surface area (Å²) >= 11 is 1.88. The molecule has 0 saturated carbocycles. The van der Waals surface area contributed by atoms with Gasteiger partial charge in [-0.25, -0.2) is 0 Å². The number of thiophene rings is 1. The van der Waals surface area contributed by atoms with Gasteiger partial charge in [-0.2, -0.15) is 0 Å². The summed E-state index contributed by atoms with van der Waals surface area (Å²) in [6, 6.07) is 62.7. The van der Waals surface area contributed by atoms with Crippen molar-refractivity contribution in [3.8, 4) is 22.3 Å². The van der Waals surface area contributed by atoms with E-state index in [0.717, 1.165) is 5.69 Å². The van der Waals surface area contributed by atoms with Crippen LogP contribution in [0.15, 0.2) is 164 Å². The first-order valence-corrected chi connectivity index (χ1v) is 24.1. The molecule has 0 fully saturated rings. The zero-order valence-electron chi connectivity index (χ0n) is 39.5. The molecule has 3 heterocycles. The van der Waals surface area contributed by atoms with Gasteiger partial charge in [-0.15, -0.1) is 11.3 Å². The Morgan fingerprint density at radius 2 is 0.923 bits per heavy atom. The summed E-state index contributed by atoms with van der Waals surface area (Å²) in [5.74, 6) is 0. The fourth-order valence-electron chi connectivity index (χ4n) is 10.4. The normalized spacial score (nSPS) is 13.6. The molecule has 2 nitrogen and oxygen atoms in total. The number of benzene rings is 8. The lowest BCUT2D eigenvalue weighted by Gasteiger charge is -2.45. The molecule has 9 aromatic rings. The van der Waals surface area contributed by atoms with Crippen molar-refractivity contribution in [3.05, 3.63) is 186 Å². The molecule has 0 saturated heterocycles. The highest BCUT2D eigenvalue weighted by Gasteiger charge is 2.44. The molecular formula is C61H57BN2S. The summed E-state index contributed by atoms with van der Waals surface area (Å²) in [4.78, 5) is 5.16. The molecule has 2 aliphatic rings. The molecule has 0 unspecified atom stereocenters. The molecule has 0 amide bonds. The van der Waals surface area contributed by atoms with Gasteiger partial charge in [-0.1, -0.05) is 165 Å². The van der Waals surface area contributed by atoms with Crippen molar-refractivity contribution in [2.75, 3.05) is 9.80 Å². The summed E-state index contributed by atoms with van der Waals surface area (Å²) in [6.45, 7) is 23.3. The molecule has 0 atom stereocenters. The maximum Gasteiger partial charge on any atom is 0.252 e. The highest BCUT2D eigenvalue weighted by Crippen LogP contribution is 2.49. The minimum atomic E-state index is -0.0279. The van der Waals surface area contributed by atoms with Crippen molar-refractivity contribution in [2.45, 2.75) is 85.5 Å². The van der Waals surface area contributed by atoms with Gasteiger partial charge < -0.3 is 9.80 Å². The SMILES string of the molecule is Cc1cc2c3c(c1)N(c1ccc(C(C)(C)C)cc1-c1ccccc1)c1ccc(C(C)(C)C)cc1B3c1cc(C(C)(C)C)ccc1N2c1ccc(-c2ccc3c(c2)sc2ccccc23)cc1. The highest BCUT2D eigenvalue weighted by molar-refractivity contribution is 7.25. The molecule has 0 N–H and O–H groups in total. The average Bonchev–Trinajstić information content (AvgIpc) is 3.66. The van der Waals surface area contributed by atoms with E-state index in [-0.39, 0.29) is 23.0 Å². The molecule has 4 heteroatoms. The third-order valence-electron chi connectivity index (χ3n) is 14.0. The Morgan fingerprint density at radius 1 is 0.400 bits per heavy atom. The first kappa shape index (κ1) is 41.4. The first-order valence-electron chi connectivity index (χ1n) is 23.3. The number of hydrogen-bond acceptors (Lipinski definition) is 3. The third-order valence-corrected chi connectivity index (χ3v) is 15.1. The van der Waals surface area contributed by atoms with E-state index in [1.165, 1.54) is 110 Å². The summed E-state index contributed by atoms with van der Waals surface area (Å²) < 4.78 is 2.66. The van der Waals surface area contributed by atoms with Crippen LogP contribution in [0.5, 0.6) is 0 Å². The van der Waals surface area contributed by atoms with Gasteiger partial charge in [-0.05, 0) is 139 Å². The average molecular weight is 861 g/mol. The van der Waals surface area contributed by atoms with E-state index >= 15 is 0 Å². The van der Waals surface area contributed by atoms with E-state index in [1.807, 2.05) is 11.3 Å². The number of nitrogens with zero attached hydrogens (tertiary/aromatic N) is 2. The van der Waals surface area contributed by atoms with Gasteiger partial charge in [0.2, 0.25) is 0 Å². The van der Waals surface area contributed by atoms with Crippen molar-refractivity contribution >= 4 is 88.7 Å². The van der Waals surface area contributed by atoms with Crippen LogP contribution in [-0.4, -0.2) is 6.71 Å². The lowest BCUT2D eigenvalue weighted by atomic mass is 9.33. The van der Waals surface area contributed by atoms with Crippen LogP contribution in [-0.2, 0) is 16.2 Å². The summed E-state index contributed by atoms with van der Waals surface area (Å²) in [7, 11) is 0. The van der Waals surface area contributed by atoms with Gasteiger partial charge in [0.25, 0.3) is 6.71 Å². The van der Waals surface area contributed by atoms with E-state index in [4.69, 9.17) is 0 Å². The smallest absolute Gasteiger partial charge is 0.252 e. The fraction of sp³-hybridized carbons (Fsp3) is 0.213. The van der Waals surface area contributed by atoms with Gasteiger partial charge >= 0.3 is 0 Å². The molecule has 8 aromatic carbocycles. The van der Waals surface area contributed by atoms with Gasteiger partial charge in [-0.3, -0.25) is 0 Å². The number of aryl methyl sites for hydroxylation is 1. The minimum absolute atomic E-state index is 0.00699. The van der Waals surface area contributed by atoms with E-state index in [9.17, 15) is 0 Å². The van der Waals surface area contributed by atoms with Crippen LogP contribution in [0.25, 0.3) is 42.4 Å². The van der Waals surface area contributed by atoms with Crippen molar-refractivity contribution < 1.29 is 0 Å². The minimum Gasteiger partial charge on any atom is -0.311 e. The molecule has 0 spiro atoms. The van der Waals surface area contributed by atoms with Gasteiger partial charge in [0.05, 0.1) is 5.69 Å². The Morgan fingerprint density at radius 3 is 1.55 bits per heavy atom. The predicted octanol–water partition coefficient (Wildman–Crippen LogP) is 15.7. The zero-order valence-corrected chi connectivity index (χ0v) is 40.3. The summed E-state index contributed by atoms with van der Waals surface area (Å²) in [5, 5.41) is 2.66. The number of anilines is 6. The Bertz CT molecular complexity index is 3340. The predicted molar refractivity (Wildman–Crippen MR) is 285 cm³/mol. The molecule has 2 aliphatic heterocycles. The second-order valence-electron chi connectivity index (χ2n) is 21.6. The summed E-state index contributed by atoms with van der Waals surface area (Å²) in [5.41, 5.74) is 21.5. The quantitative estimate of drug-likeness (QED) is 0.163. The Balaban J connectivity index is 1.16. The maximum absolute atomic E-state index is 2.60. The van der Waals surface area contributed by atoms with Crippen molar-refractivity contribution in [1.82, 2.24) is 0 Å². The van der Waals surface area contributed by atoms with Crippen LogP contribution in [0, 0.1) is 6.92 Å². The Hall–Kier alpha value is -6.36. The van der Waals surface area contributed by atoms with Crippen LogP contribution >= 0.6 is 11.3 Å². The maximum atomic E-state index is 2.60. The van der Waals surface area contributed by atoms with E-state index in [0.29, 0.717) is 0 Å². The Labute approximate surface area is 390 Å². The standard InChI is InChI=1S/C61H57BN2S/c1-38-32-54-58-55(33-38)64(51-29-23-42(59(2,3)4)35-48(51)40-16-12-11-13-17-40)53-31-25-44(61(8,9)10)37-50(53)62(58)49-36-43(60(5,6)7)24-30-52(49)63(54)45-26-20-39(21-27-45)41-22-28-47-46-18-14-15-19-56(46)65-57(47)34-41/h11-37H,1-10H3. The molecule has 65 heavy (non-hydrogen) atoms. The van der Waals surface area contributed by atoms with E-state index in [2.05, 4.69) is 243 Å². The topological polar surface area (TPSA) is 6.48 Å². The van der Waals surface area contributed by atoms with Crippen molar-refractivity contribution in [2.24, 2.45) is 0 Å². The molecule has 1 aromatic heterocycles.